The van der Waals surface area contributed by atoms with E-state index in [1.54, 1.807) is 5.57 Å². The lowest BCUT2D eigenvalue weighted by Crippen LogP contribution is -2.49. The second-order valence-electron chi connectivity index (χ2n) is 12.4. The summed E-state index contributed by atoms with van der Waals surface area (Å²) in [7, 11) is -2.08. The molecule has 1 aliphatic heterocycles. The number of nitrogens with zero attached hydrogens (tertiary/aromatic N) is 1. The van der Waals surface area contributed by atoms with Crippen LogP contribution in [-0.4, -0.2) is 57.1 Å². The number of likely N-dealkylation sites (tertiary alicyclic amines) is 1. The Morgan fingerprint density at radius 3 is 1.92 bits per heavy atom. The molecule has 0 aromatic carbocycles. The van der Waals surface area contributed by atoms with Gasteiger partial charge in [0.05, 0.1) is 39.5 Å². The van der Waals surface area contributed by atoms with Crippen molar-refractivity contribution in [2.45, 2.75) is 148 Å². The Bertz CT molecular complexity index is 669. The molecule has 2 fully saturated rings. The molecule has 7 heteroatoms. The van der Waals surface area contributed by atoms with Crippen molar-refractivity contribution in [2.24, 2.45) is 0 Å². The Morgan fingerprint density at radius 1 is 0.795 bits per heavy atom. The number of phosphoric ester groups is 1. The number of unbranched alkanes of at least 4 members (excludes halogenated alkanes) is 13. The summed E-state index contributed by atoms with van der Waals surface area (Å²) in [5, 5.41) is 0. The molecule has 0 radical (unpaired) electrons. The number of hydrogen-bond donors (Lipinski definition) is 0. The molecule has 0 bridgehead atoms. The van der Waals surface area contributed by atoms with E-state index in [0.717, 1.165) is 43.3 Å². The average molecular weight is 572 g/mol. The van der Waals surface area contributed by atoms with Crippen LogP contribution in [0.1, 0.15) is 142 Å². The van der Waals surface area contributed by atoms with Gasteiger partial charge in [0, 0.05) is 0 Å². The summed E-state index contributed by atoms with van der Waals surface area (Å²) in [5.74, 6) is 0. The van der Waals surface area contributed by atoms with Crippen molar-refractivity contribution >= 4 is 7.82 Å². The molecule has 230 valence electrons. The molecule has 1 saturated carbocycles. The lowest BCUT2D eigenvalue weighted by molar-refractivity contribution is -0.914. The van der Waals surface area contributed by atoms with Gasteiger partial charge < -0.3 is 23.2 Å². The minimum absolute atomic E-state index is 0.0329. The van der Waals surface area contributed by atoms with Gasteiger partial charge in [-0.25, -0.2) is 0 Å². The normalized spacial score (nSPS) is 21.1. The van der Waals surface area contributed by atoms with Crippen molar-refractivity contribution in [2.75, 3.05) is 46.5 Å². The van der Waals surface area contributed by atoms with Crippen molar-refractivity contribution in [1.82, 2.24) is 0 Å². The van der Waals surface area contributed by atoms with Crippen LogP contribution in [0.5, 0.6) is 0 Å². The summed E-state index contributed by atoms with van der Waals surface area (Å²) in [6.45, 7) is 5.71. The van der Waals surface area contributed by atoms with E-state index in [0.29, 0.717) is 13.2 Å². The van der Waals surface area contributed by atoms with E-state index < -0.39 is 7.82 Å². The number of rotatable bonds is 23. The van der Waals surface area contributed by atoms with Crippen LogP contribution in [0.15, 0.2) is 11.6 Å². The number of likely N-dealkylation sites (N-methyl/N-ethyl adjacent to an activating group) is 1. The Labute approximate surface area is 241 Å². The fourth-order valence-corrected chi connectivity index (χ4v) is 6.75. The molecule has 0 N–H and O–H groups in total. The van der Waals surface area contributed by atoms with Gasteiger partial charge in [-0.1, -0.05) is 95.6 Å². The second kappa shape index (κ2) is 21.5. The first-order chi connectivity index (χ1) is 18.9. The van der Waals surface area contributed by atoms with Crippen LogP contribution in [0.4, 0.5) is 0 Å². The first-order valence-corrected chi connectivity index (χ1v) is 18.1. The third kappa shape index (κ3) is 18.0. The Kier molecular flexibility index (Phi) is 19.3. The van der Waals surface area contributed by atoms with Crippen LogP contribution in [0.3, 0.4) is 0 Å². The van der Waals surface area contributed by atoms with E-state index in [1.165, 1.54) is 109 Å². The molecule has 1 aliphatic carbocycles. The fraction of sp³-hybridized carbons (Fsp3) is 0.938. The van der Waals surface area contributed by atoms with Gasteiger partial charge in [-0.05, 0) is 57.8 Å². The second-order valence-corrected chi connectivity index (χ2v) is 13.8. The quantitative estimate of drug-likeness (QED) is 0.0532. The van der Waals surface area contributed by atoms with E-state index >= 15 is 0 Å². The SMILES string of the molecule is CCCCCCCCCCCCCCCC=C1CCC(OCCOP(=O)([O-])OCC[N+]2(C)CCCCC2)CC1. The number of piperidine rings is 1. The van der Waals surface area contributed by atoms with Crippen molar-refractivity contribution in [3.8, 4) is 0 Å². The van der Waals surface area contributed by atoms with Crippen LogP contribution in [-0.2, 0) is 18.3 Å². The third-order valence-corrected chi connectivity index (χ3v) is 9.78. The highest BCUT2D eigenvalue weighted by molar-refractivity contribution is 7.45. The third-order valence-electron chi connectivity index (χ3n) is 8.78. The molecule has 6 nitrogen and oxygen atoms in total. The predicted octanol–water partition coefficient (Wildman–Crippen LogP) is 8.49. The van der Waals surface area contributed by atoms with Crippen LogP contribution in [0, 0.1) is 0 Å². The highest BCUT2D eigenvalue weighted by Gasteiger charge is 2.25. The van der Waals surface area contributed by atoms with Gasteiger partial charge in [-0.15, -0.1) is 0 Å². The lowest BCUT2D eigenvalue weighted by Gasteiger charge is -2.38. The zero-order chi connectivity index (χ0) is 28.1. The minimum atomic E-state index is -4.25. The summed E-state index contributed by atoms with van der Waals surface area (Å²) in [4.78, 5) is 12.1. The minimum Gasteiger partial charge on any atom is -0.756 e. The van der Waals surface area contributed by atoms with Crippen LogP contribution in [0.2, 0.25) is 0 Å². The largest absolute Gasteiger partial charge is 0.756 e. The van der Waals surface area contributed by atoms with Crippen molar-refractivity contribution in [3.05, 3.63) is 11.6 Å². The smallest absolute Gasteiger partial charge is 0.268 e. The van der Waals surface area contributed by atoms with Crippen molar-refractivity contribution in [1.29, 1.82) is 0 Å². The van der Waals surface area contributed by atoms with Gasteiger partial charge in [-0.3, -0.25) is 4.57 Å². The molecule has 1 heterocycles. The predicted molar refractivity (Wildman–Crippen MR) is 161 cm³/mol. The van der Waals surface area contributed by atoms with Crippen LogP contribution < -0.4 is 4.89 Å². The van der Waals surface area contributed by atoms with Crippen molar-refractivity contribution < 1.29 is 27.7 Å². The van der Waals surface area contributed by atoms with Gasteiger partial charge in [-0.2, -0.15) is 0 Å². The van der Waals surface area contributed by atoms with E-state index in [1.807, 2.05) is 0 Å². The van der Waals surface area contributed by atoms with E-state index in [9.17, 15) is 9.46 Å². The highest BCUT2D eigenvalue weighted by atomic mass is 31.2. The molecule has 1 unspecified atom stereocenters. The van der Waals surface area contributed by atoms with Crippen LogP contribution >= 0.6 is 7.82 Å². The number of hydrogen-bond acceptors (Lipinski definition) is 5. The molecule has 1 atom stereocenters. The summed E-state index contributed by atoms with van der Waals surface area (Å²) in [6, 6.07) is 0. The number of quaternary nitrogens is 1. The Hall–Kier alpha value is -0.230. The zero-order valence-corrected chi connectivity index (χ0v) is 26.6. The number of phosphoric acid groups is 1. The highest BCUT2D eigenvalue weighted by Crippen LogP contribution is 2.38. The molecular weight excluding hydrogens is 509 g/mol. The topological polar surface area (TPSA) is 67.8 Å². The maximum absolute atomic E-state index is 12.1. The van der Waals surface area contributed by atoms with Gasteiger partial charge >= 0.3 is 0 Å². The standard InChI is InChI=1S/C32H62NO5P/c1-3-4-5-6-7-8-9-10-11-12-13-14-15-17-20-31-21-23-32(24-22-31)36-29-30-38-39(34,35)37-28-27-33(2)25-18-16-19-26-33/h20,32H,3-19,21-30H2,1-2H3. The summed E-state index contributed by atoms with van der Waals surface area (Å²) in [6.07, 6.45) is 30.1. The van der Waals surface area contributed by atoms with Crippen molar-refractivity contribution in [3.63, 3.8) is 0 Å². The lowest BCUT2D eigenvalue weighted by atomic mass is 9.91. The molecule has 1 saturated heterocycles. The number of ether oxygens (including phenoxy) is 1. The molecule has 2 rings (SSSR count). The first kappa shape index (κ1) is 35.0. The summed E-state index contributed by atoms with van der Waals surface area (Å²) in [5.41, 5.74) is 1.58. The van der Waals surface area contributed by atoms with Gasteiger partial charge in [0.1, 0.15) is 13.2 Å². The van der Waals surface area contributed by atoms with Gasteiger partial charge in [0.15, 0.2) is 0 Å². The number of allylic oxidation sites excluding steroid dienone is 2. The first-order valence-electron chi connectivity index (χ1n) is 16.7. The van der Waals surface area contributed by atoms with Gasteiger partial charge in [0.2, 0.25) is 0 Å². The fourth-order valence-electron chi connectivity index (χ4n) is 6.07. The average Bonchev–Trinajstić information content (AvgIpc) is 2.92. The van der Waals surface area contributed by atoms with E-state index in [4.69, 9.17) is 13.8 Å². The molecule has 0 spiro atoms. The maximum Gasteiger partial charge on any atom is 0.268 e. The molecule has 0 aromatic rings. The Balaban J connectivity index is 1.38. The Morgan fingerprint density at radius 2 is 1.33 bits per heavy atom. The van der Waals surface area contributed by atoms with Crippen LogP contribution in [0.25, 0.3) is 0 Å². The van der Waals surface area contributed by atoms with E-state index in [2.05, 4.69) is 20.0 Å². The summed E-state index contributed by atoms with van der Waals surface area (Å²) >= 11 is 0. The van der Waals surface area contributed by atoms with E-state index in [-0.39, 0.29) is 19.3 Å². The monoisotopic (exact) mass is 571 g/mol. The molecular formula is C32H62NO5P. The van der Waals surface area contributed by atoms with Gasteiger partial charge in [0.25, 0.3) is 7.82 Å². The zero-order valence-electron chi connectivity index (χ0n) is 25.7. The summed E-state index contributed by atoms with van der Waals surface area (Å²) < 4.78 is 29.0. The molecule has 39 heavy (non-hydrogen) atoms. The molecule has 0 aromatic heterocycles. The maximum atomic E-state index is 12.1. The molecule has 2 aliphatic rings. The molecule has 0 amide bonds.